The lowest BCUT2D eigenvalue weighted by Crippen LogP contribution is -2.51. The van der Waals surface area contributed by atoms with E-state index >= 15 is 4.39 Å². The molecule has 11 nitrogen and oxygen atoms in total. The molecular formula is C15H20FN5O6. The first-order valence-corrected chi connectivity index (χ1v) is 7.86. The summed E-state index contributed by atoms with van der Waals surface area (Å²) in [6.07, 6.45) is 1.83. The van der Waals surface area contributed by atoms with Gasteiger partial charge < -0.3 is 26.4 Å². The largest absolute Gasteiger partial charge is 0.458 e. The first kappa shape index (κ1) is 20.7. The molecule has 0 radical (unpaired) electrons. The minimum absolute atomic E-state index is 0.250. The molecule has 5 atom stereocenters. The summed E-state index contributed by atoms with van der Waals surface area (Å²) >= 11 is 0. The number of aliphatic hydroxyl groups is 2. The first-order chi connectivity index (χ1) is 12.5. The predicted octanol–water partition coefficient (Wildman–Crippen LogP) is -2.55. The molecule has 1 saturated heterocycles. The van der Waals surface area contributed by atoms with E-state index in [1.165, 1.54) is 0 Å². The van der Waals surface area contributed by atoms with Gasteiger partial charge in [-0.2, -0.15) is 14.8 Å². The van der Waals surface area contributed by atoms with E-state index in [4.69, 9.17) is 27.4 Å². The van der Waals surface area contributed by atoms with Gasteiger partial charge in [0.15, 0.2) is 6.61 Å². The maximum absolute atomic E-state index is 15.1. The van der Waals surface area contributed by atoms with E-state index in [0.29, 0.717) is 4.68 Å². The number of hydrogen-bond donors (Lipinski definition) is 4. The van der Waals surface area contributed by atoms with Crippen LogP contribution in [0.25, 0.3) is 0 Å². The SMILES string of the molecule is C#C[C@@]1(n2ncc(N)nc2=O)O[C@](F)(COC(=O)[C@@H](N)C(C)C)[C@@H](O)[C@H]1O. The van der Waals surface area contributed by atoms with Gasteiger partial charge in [-0.15, -0.1) is 6.42 Å². The highest BCUT2D eigenvalue weighted by molar-refractivity contribution is 5.75. The lowest BCUT2D eigenvalue weighted by atomic mass is 10.0. The van der Waals surface area contributed by atoms with Crippen LogP contribution >= 0.6 is 0 Å². The summed E-state index contributed by atoms with van der Waals surface area (Å²) in [4.78, 5) is 27.2. The van der Waals surface area contributed by atoms with E-state index in [1.54, 1.807) is 13.8 Å². The molecular weight excluding hydrogens is 365 g/mol. The lowest BCUT2D eigenvalue weighted by Gasteiger charge is -2.27. The van der Waals surface area contributed by atoms with Crippen LogP contribution in [0, 0.1) is 18.3 Å². The zero-order valence-electron chi connectivity index (χ0n) is 14.6. The average molecular weight is 385 g/mol. The number of anilines is 1. The molecule has 0 unspecified atom stereocenters. The van der Waals surface area contributed by atoms with Crippen LogP contribution in [-0.2, 0) is 20.0 Å². The molecule has 1 aliphatic heterocycles. The summed E-state index contributed by atoms with van der Waals surface area (Å²) in [7, 11) is 0. The highest BCUT2D eigenvalue weighted by Gasteiger charge is 2.65. The number of rotatable bonds is 5. The Morgan fingerprint density at radius 1 is 1.56 bits per heavy atom. The Kier molecular flexibility index (Phi) is 5.52. The van der Waals surface area contributed by atoms with Crippen molar-refractivity contribution in [1.29, 1.82) is 0 Å². The van der Waals surface area contributed by atoms with Crippen LogP contribution in [0.2, 0.25) is 0 Å². The number of carbonyl (C=O) groups excluding carboxylic acids is 1. The Labute approximate surface area is 153 Å². The van der Waals surface area contributed by atoms with Gasteiger partial charge >= 0.3 is 11.7 Å². The molecule has 1 aromatic heterocycles. The van der Waals surface area contributed by atoms with Gasteiger partial charge in [0.25, 0.3) is 11.6 Å². The van der Waals surface area contributed by atoms with Crippen molar-refractivity contribution in [3.05, 3.63) is 16.7 Å². The van der Waals surface area contributed by atoms with Gasteiger partial charge in [0.05, 0.1) is 6.20 Å². The molecule has 6 N–H and O–H groups in total. The number of aliphatic hydroxyl groups excluding tert-OH is 2. The number of esters is 1. The molecule has 148 valence electrons. The van der Waals surface area contributed by atoms with E-state index in [0.717, 1.165) is 6.20 Å². The van der Waals surface area contributed by atoms with Crippen molar-refractivity contribution in [3.63, 3.8) is 0 Å². The van der Waals surface area contributed by atoms with Crippen molar-refractivity contribution in [2.45, 2.75) is 43.7 Å². The number of carbonyl (C=O) groups is 1. The van der Waals surface area contributed by atoms with Crippen LogP contribution < -0.4 is 17.2 Å². The van der Waals surface area contributed by atoms with Gasteiger partial charge in [0, 0.05) is 0 Å². The zero-order valence-corrected chi connectivity index (χ0v) is 14.6. The van der Waals surface area contributed by atoms with Gasteiger partial charge in [-0.3, -0.25) is 9.53 Å². The van der Waals surface area contributed by atoms with E-state index < -0.39 is 48.1 Å². The molecule has 0 aliphatic carbocycles. The molecule has 27 heavy (non-hydrogen) atoms. The van der Waals surface area contributed by atoms with Crippen molar-refractivity contribution >= 4 is 11.8 Å². The standard InChI is InChI=1S/C15H20FN5O6/c1-4-15(21-13(25)20-8(17)5-19-21)11(23)10(22)14(16,27-15)6-26-12(24)9(18)7(2)3/h1,5,7,9-11,22-23H,6,18H2,2-3H3,(H2,17,20,25)/t9-,10-,11+,14+,15+/m0/s1. The highest BCUT2D eigenvalue weighted by atomic mass is 19.2. The Morgan fingerprint density at radius 3 is 2.70 bits per heavy atom. The van der Waals surface area contributed by atoms with Crippen LogP contribution in [0.15, 0.2) is 11.0 Å². The van der Waals surface area contributed by atoms with Crippen LogP contribution in [0.1, 0.15) is 13.8 Å². The van der Waals surface area contributed by atoms with Crippen LogP contribution in [0.3, 0.4) is 0 Å². The fourth-order valence-corrected chi connectivity index (χ4v) is 2.41. The summed E-state index contributed by atoms with van der Waals surface area (Å²) in [5, 5.41) is 24.0. The number of halogens is 1. The molecule has 2 heterocycles. The molecule has 2 rings (SSSR count). The maximum atomic E-state index is 15.1. The van der Waals surface area contributed by atoms with E-state index in [-0.39, 0.29) is 11.7 Å². The Hall–Kier alpha value is -2.59. The zero-order chi connectivity index (χ0) is 20.6. The van der Waals surface area contributed by atoms with Gasteiger partial charge in [0.2, 0.25) is 0 Å². The van der Waals surface area contributed by atoms with Gasteiger partial charge in [-0.05, 0) is 11.8 Å². The minimum atomic E-state index is -3.14. The molecule has 1 aromatic rings. The highest BCUT2D eigenvalue weighted by Crippen LogP contribution is 2.41. The second kappa shape index (κ2) is 7.20. The van der Waals surface area contributed by atoms with Gasteiger partial charge in [0.1, 0.15) is 24.1 Å². The molecule has 0 spiro atoms. The summed E-state index contributed by atoms with van der Waals surface area (Å²) in [5.41, 5.74) is 7.23. The average Bonchev–Trinajstić information content (AvgIpc) is 2.81. The normalized spacial score (nSPS) is 31.5. The van der Waals surface area contributed by atoms with Crippen molar-refractivity contribution in [2.75, 3.05) is 12.3 Å². The van der Waals surface area contributed by atoms with Crippen molar-refractivity contribution in [3.8, 4) is 12.3 Å². The van der Waals surface area contributed by atoms with E-state index in [9.17, 15) is 19.8 Å². The maximum Gasteiger partial charge on any atom is 0.369 e. The van der Waals surface area contributed by atoms with Gasteiger partial charge in [-0.1, -0.05) is 13.8 Å². The lowest BCUT2D eigenvalue weighted by molar-refractivity contribution is -0.236. The number of terminal acetylenes is 1. The van der Waals surface area contributed by atoms with E-state index in [2.05, 4.69) is 10.1 Å². The molecule has 0 aromatic carbocycles. The summed E-state index contributed by atoms with van der Waals surface area (Å²) in [6, 6.07) is -1.04. The third kappa shape index (κ3) is 3.50. The Balaban J connectivity index is 2.33. The van der Waals surface area contributed by atoms with Crippen molar-refractivity contribution in [2.24, 2.45) is 11.7 Å². The molecule has 0 saturated carbocycles. The second-order valence-corrected chi connectivity index (χ2v) is 6.37. The third-order valence-corrected chi connectivity index (χ3v) is 4.10. The van der Waals surface area contributed by atoms with Crippen LogP contribution in [-0.4, -0.2) is 61.7 Å². The number of hydrogen-bond acceptors (Lipinski definition) is 10. The number of nitrogens with zero attached hydrogens (tertiary/aromatic N) is 3. The summed E-state index contributed by atoms with van der Waals surface area (Å²) < 4.78 is 25.2. The van der Waals surface area contributed by atoms with Crippen molar-refractivity contribution < 1.29 is 28.9 Å². The quantitative estimate of drug-likeness (QED) is 0.312. The molecule has 1 fully saturated rings. The minimum Gasteiger partial charge on any atom is -0.458 e. The molecule has 1 aliphatic rings. The number of ether oxygens (including phenoxy) is 2. The van der Waals surface area contributed by atoms with E-state index in [1.807, 2.05) is 5.92 Å². The molecule has 0 amide bonds. The topological polar surface area (TPSA) is 176 Å². The Bertz CT molecular complexity index is 826. The molecule has 0 bridgehead atoms. The number of alkyl halides is 1. The fraction of sp³-hybridized carbons (Fsp3) is 0.600. The predicted molar refractivity (Wildman–Crippen MR) is 88.2 cm³/mol. The number of nitrogens with two attached hydrogens (primary N) is 2. The first-order valence-electron chi connectivity index (χ1n) is 7.86. The summed E-state index contributed by atoms with van der Waals surface area (Å²) in [5.74, 6) is -2.73. The van der Waals surface area contributed by atoms with Crippen molar-refractivity contribution in [1.82, 2.24) is 14.8 Å². The third-order valence-electron chi connectivity index (χ3n) is 4.10. The number of aromatic nitrogens is 3. The second-order valence-electron chi connectivity index (χ2n) is 6.37. The number of nitrogen functional groups attached to an aromatic ring is 1. The van der Waals surface area contributed by atoms with Crippen LogP contribution in [0.5, 0.6) is 0 Å². The monoisotopic (exact) mass is 385 g/mol. The smallest absolute Gasteiger partial charge is 0.369 e. The molecule has 12 heteroatoms. The fourth-order valence-electron chi connectivity index (χ4n) is 2.41. The van der Waals surface area contributed by atoms with Crippen LogP contribution in [0.4, 0.5) is 10.2 Å². The van der Waals surface area contributed by atoms with Gasteiger partial charge in [-0.25, -0.2) is 9.18 Å². The Morgan fingerprint density at radius 2 is 2.19 bits per heavy atom. The summed E-state index contributed by atoms with van der Waals surface area (Å²) in [6.45, 7) is 2.17.